The first-order chi connectivity index (χ1) is 15.5. The number of aromatic nitrogens is 1. The molecule has 3 nitrogen and oxygen atoms in total. The smallest absolute Gasteiger partial charge is 0.270 e. The van der Waals surface area contributed by atoms with Crippen molar-refractivity contribution < 1.29 is 9.18 Å². The first-order valence-corrected chi connectivity index (χ1v) is 11.4. The van der Waals surface area contributed by atoms with Crippen molar-refractivity contribution in [3.63, 3.8) is 0 Å². The number of carbonyl (C=O) groups excluding carboxylic acids is 1. The molecule has 0 spiro atoms. The number of hydrogen-bond acceptors (Lipinski definition) is 3. The van der Waals surface area contributed by atoms with Gasteiger partial charge in [0.25, 0.3) is 5.91 Å². The van der Waals surface area contributed by atoms with E-state index in [-0.39, 0.29) is 11.6 Å². The van der Waals surface area contributed by atoms with Gasteiger partial charge >= 0.3 is 0 Å². The molecule has 1 aliphatic heterocycles. The maximum absolute atomic E-state index is 14.3. The molecule has 0 unspecified atom stereocenters. The molecule has 32 heavy (non-hydrogen) atoms. The Labute approximate surface area is 195 Å². The van der Waals surface area contributed by atoms with Crippen LogP contribution in [-0.4, -0.2) is 14.8 Å². The summed E-state index contributed by atoms with van der Waals surface area (Å²) >= 11 is 6.63. The van der Waals surface area contributed by atoms with Gasteiger partial charge in [-0.05, 0) is 36.8 Å². The molecule has 0 N–H and O–H groups in total. The molecule has 3 aromatic carbocycles. The predicted octanol–water partition coefficient (Wildman–Crippen LogP) is 6.54. The number of halogens is 1. The summed E-state index contributed by atoms with van der Waals surface area (Å²) in [5.74, 6) is -0.773. The molecular weight excluding hydrogens is 439 g/mol. The van der Waals surface area contributed by atoms with Crippen molar-refractivity contribution in [1.82, 2.24) is 4.57 Å². The molecule has 0 bridgehead atoms. The number of hydrogen-bond donors (Lipinski definition) is 0. The number of para-hydroxylation sites is 2. The second kappa shape index (κ2) is 8.37. The topological polar surface area (TPSA) is 25.2 Å². The fourth-order valence-corrected chi connectivity index (χ4v) is 5.32. The van der Waals surface area contributed by atoms with Crippen LogP contribution in [0.4, 0.5) is 10.1 Å². The number of nitrogens with zero attached hydrogens (tertiary/aromatic N) is 2. The summed E-state index contributed by atoms with van der Waals surface area (Å²) in [4.78, 5) is 15.0. The molecule has 2 heterocycles. The van der Waals surface area contributed by atoms with Crippen LogP contribution in [0, 0.1) is 12.7 Å². The van der Waals surface area contributed by atoms with Gasteiger partial charge < -0.3 is 4.57 Å². The van der Waals surface area contributed by atoms with Crippen LogP contribution in [0.25, 0.3) is 17.0 Å². The quantitative estimate of drug-likeness (QED) is 0.256. The van der Waals surface area contributed by atoms with Gasteiger partial charge in [0, 0.05) is 28.7 Å². The maximum Gasteiger partial charge on any atom is 0.270 e. The molecule has 1 aromatic heterocycles. The van der Waals surface area contributed by atoms with Crippen LogP contribution in [-0.2, 0) is 11.3 Å². The normalized spacial score (nSPS) is 15.3. The Bertz CT molecular complexity index is 1390. The number of benzene rings is 3. The fraction of sp³-hybridized carbons (Fsp3) is 0.0769. The van der Waals surface area contributed by atoms with Crippen molar-refractivity contribution in [3.05, 3.63) is 106 Å². The SMILES string of the molecule is Cc1c(/C=C2/SC(=S)N(c3ccccc3F)C2=O)c2ccccc2n1Cc1ccccc1. The Kier molecular flexibility index (Phi) is 5.41. The zero-order chi connectivity index (χ0) is 22.2. The van der Waals surface area contributed by atoms with E-state index in [2.05, 4.69) is 35.8 Å². The molecule has 1 aliphatic rings. The van der Waals surface area contributed by atoms with Crippen LogP contribution in [0.15, 0.2) is 83.8 Å². The number of thiocarbonyl (C=S) groups is 1. The largest absolute Gasteiger partial charge is 0.340 e. The molecule has 0 aliphatic carbocycles. The summed E-state index contributed by atoms with van der Waals surface area (Å²) in [7, 11) is 0. The van der Waals surface area contributed by atoms with E-state index in [0.717, 1.165) is 28.7 Å². The van der Waals surface area contributed by atoms with Gasteiger partial charge in [-0.1, -0.05) is 84.6 Å². The van der Waals surface area contributed by atoms with Crippen molar-refractivity contribution in [2.45, 2.75) is 13.5 Å². The van der Waals surface area contributed by atoms with Crippen LogP contribution >= 0.6 is 24.0 Å². The van der Waals surface area contributed by atoms with Crippen molar-refractivity contribution in [1.29, 1.82) is 0 Å². The van der Waals surface area contributed by atoms with Gasteiger partial charge in [0.2, 0.25) is 0 Å². The van der Waals surface area contributed by atoms with Crippen molar-refractivity contribution in [3.8, 4) is 0 Å². The van der Waals surface area contributed by atoms with Gasteiger partial charge in [0.05, 0.1) is 10.6 Å². The van der Waals surface area contributed by atoms with Gasteiger partial charge in [-0.3, -0.25) is 9.69 Å². The van der Waals surface area contributed by atoms with Crippen LogP contribution in [0.3, 0.4) is 0 Å². The number of amides is 1. The molecule has 0 saturated carbocycles. The molecular formula is C26H19FN2OS2. The minimum Gasteiger partial charge on any atom is -0.340 e. The third-order valence-electron chi connectivity index (χ3n) is 5.63. The summed E-state index contributed by atoms with van der Waals surface area (Å²) in [6.45, 7) is 2.80. The first kappa shape index (κ1) is 20.7. The number of fused-ring (bicyclic) bond motifs is 1. The Morgan fingerprint density at radius 2 is 1.66 bits per heavy atom. The highest BCUT2D eigenvalue weighted by atomic mass is 32.2. The third kappa shape index (κ3) is 3.55. The Hall–Kier alpha value is -3.22. The molecule has 5 rings (SSSR count). The fourth-order valence-electron chi connectivity index (χ4n) is 4.05. The Morgan fingerprint density at radius 1 is 0.969 bits per heavy atom. The first-order valence-electron chi connectivity index (χ1n) is 10.2. The van der Waals surface area contributed by atoms with Gasteiger partial charge in [0.15, 0.2) is 4.32 Å². The predicted molar refractivity (Wildman–Crippen MR) is 134 cm³/mol. The Morgan fingerprint density at radius 3 is 2.44 bits per heavy atom. The average molecular weight is 459 g/mol. The lowest BCUT2D eigenvalue weighted by Crippen LogP contribution is -2.28. The molecule has 6 heteroatoms. The number of anilines is 1. The van der Waals surface area contributed by atoms with Crippen molar-refractivity contribution in [2.24, 2.45) is 0 Å². The summed E-state index contributed by atoms with van der Waals surface area (Å²) in [6.07, 6.45) is 1.89. The van der Waals surface area contributed by atoms with E-state index in [9.17, 15) is 9.18 Å². The van der Waals surface area contributed by atoms with Gasteiger partial charge in [-0.15, -0.1) is 0 Å². The summed E-state index contributed by atoms with van der Waals surface area (Å²) in [5.41, 5.74) is 4.52. The zero-order valence-electron chi connectivity index (χ0n) is 17.3. The second-order valence-electron chi connectivity index (χ2n) is 7.56. The van der Waals surface area contributed by atoms with Crippen molar-refractivity contribution in [2.75, 3.05) is 4.90 Å². The van der Waals surface area contributed by atoms with Crippen LogP contribution < -0.4 is 4.90 Å². The van der Waals surface area contributed by atoms with Gasteiger partial charge in [-0.25, -0.2) is 4.39 Å². The van der Waals surface area contributed by atoms with E-state index in [1.54, 1.807) is 18.2 Å². The molecule has 0 radical (unpaired) electrons. The van der Waals surface area contributed by atoms with E-state index in [4.69, 9.17) is 12.2 Å². The highest BCUT2D eigenvalue weighted by molar-refractivity contribution is 8.27. The van der Waals surface area contributed by atoms with E-state index in [1.807, 2.05) is 36.4 Å². The Balaban J connectivity index is 1.59. The number of thioether (sulfide) groups is 1. The average Bonchev–Trinajstić information content (AvgIpc) is 3.23. The lowest BCUT2D eigenvalue weighted by molar-refractivity contribution is -0.113. The van der Waals surface area contributed by atoms with Gasteiger partial charge in [-0.2, -0.15) is 0 Å². The molecule has 1 fully saturated rings. The van der Waals surface area contributed by atoms with Crippen molar-refractivity contribution >= 4 is 56.9 Å². The van der Waals surface area contributed by atoms with E-state index in [1.165, 1.54) is 28.3 Å². The van der Waals surface area contributed by atoms with E-state index in [0.29, 0.717) is 9.23 Å². The van der Waals surface area contributed by atoms with E-state index < -0.39 is 5.82 Å². The summed E-state index contributed by atoms with van der Waals surface area (Å²) in [6, 6.07) is 24.6. The monoisotopic (exact) mass is 458 g/mol. The lowest BCUT2D eigenvalue weighted by Gasteiger charge is -2.14. The highest BCUT2D eigenvalue weighted by Gasteiger charge is 2.35. The van der Waals surface area contributed by atoms with Crippen LogP contribution in [0.5, 0.6) is 0 Å². The minimum atomic E-state index is -0.472. The van der Waals surface area contributed by atoms with Crippen LogP contribution in [0.2, 0.25) is 0 Å². The van der Waals surface area contributed by atoms with Crippen LogP contribution in [0.1, 0.15) is 16.8 Å². The summed E-state index contributed by atoms with van der Waals surface area (Å²) < 4.78 is 16.9. The minimum absolute atomic E-state index is 0.182. The zero-order valence-corrected chi connectivity index (χ0v) is 18.9. The lowest BCUT2D eigenvalue weighted by atomic mass is 10.1. The highest BCUT2D eigenvalue weighted by Crippen LogP contribution is 2.38. The third-order valence-corrected chi connectivity index (χ3v) is 6.93. The van der Waals surface area contributed by atoms with Gasteiger partial charge in [0.1, 0.15) is 5.82 Å². The number of carbonyl (C=O) groups is 1. The molecule has 158 valence electrons. The molecule has 0 atom stereocenters. The molecule has 4 aromatic rings. The molecule has 1 saturated heterocycles. The standard InChI is InChI=1S/C26H19FN2OS2/c1-17-20(15-24-25(30)29(26(31)32-24)23-14-8-6-12-21(23)27)19-11-5-7-13-22(19)28(17)16-18-9-3-2-4-10-18/h2-15H,16H2,1H3/b24-15+. The number of rotatable bonds is 4. The molecule has 1 amide bonds. The second-order valence-corrected chi connectivity index (χ2v) is 9.23. The maximum atomic E-state index is 14.3. The summed E-state index contributed by atoms with van der Waals surface area (Å²) in [5, 5.41) is 1.07. The van der Waals surface area contributed by atoms with E-state index >= 15 is 0 Å².